The fourth-order valence-electron chi connectivity index (χ4n) is 3.12. The number of amides is 1. The van der Waals surface area contributed by atoms with Crippen molar-refractivity contribution in [3.8, 4) is 5.88 Å². The predicted molar refractivity (Wildman–Crippen MR) is 101 cm³/mol. The van der Waals surface area contributed by atoms with Crippen molar-refractivity contribution in [3.63, 3.8) is 0 Å². The molecule has 26 heavy (non-hydrogen) atoms. The third-order valence-corrected chi connectivity index (χ3v) is 5.17. The lowest BCUT2D eigenvalue weighted by molar-refractivity contribution is 0.0946. The zero-order valence-corrected chi connectivity index (χ0v) is 16.1. The lowest BCUT2D eigenvalue weighted by Gasteiger charge is -2.14. The minimum absolute atomic E-state index is 0.191. The van der Waals surface area contributed by atoms with Crippen LogP contribution in [0.25, 0.3) is 10.9 Å². The highest BCUT2D eigenvalue weighted by molar-refractivity contribution is 9.10. The van der Waals surface area contributed by atoms with E-state index in [0.29, 0.717) is 29.2 Å². The van der Waals surface area contributed by atoms with Crippen molar-refractivity contribution in [2.24, 2.45) is 0 Å². The van der Waals surface area contributed by atoms with Gasteiger partial charge in [0.15, 0.2) is 5.69 Å². The van der Waals surface area contributed by atoms with Gasteiger partial charge in [-0.25, -0.2) is 4.68 Å². The first-order valence-corrected chi connectivity index (χ1v) is 9.52. The molecule has 8 heteroatoms. The summed E-state index contributed by atoms with van der Waals surface area (Å²) in [6, 6.07) is 6.30. The van der Waals surface area contributed by atoms with E-state index in [-0.39, 0.29) is 5.91 Å². The van der Waals surface area contributed by atoms with Crippen LogP contribution in [0.15, 0.2) is 28.9 Å². The fraction of sp³-hybridized carbons (Fsp3) is 0.389. The Morgan fingerprint density at radius 2 is 2.31 bits per heavy atom. The van der Waals surface area contributed by atoms with Gasteiger partial charge in [0.1, 0.15) is 4.47 Å². The Kier molecular flexibility index (Phi) is 4.67. The van der Waals surface area contributed by atoms with Crippen LogP contribution in [0.3, 0.4) is 0 Å². The summed E-state index contributed by atoms with van der Waals surface area (Å²) in [5.74, 6) is 0.448. The number of nitrogens with one attached hydrogen (secondary N) is 1. The van der Waals surface area contributed by atoms with Gasteiger partial charge in [-0.15, -0.1) is 0 Å². The van der Waals surface area contributed by atoms with E-state index in [1.54, 1.807) is 4.68 Å². The summed E-state index contributed by atoms with van der Waals surface area (Å²) in [6.07, 6.45) is 3.57. The second kappa shape index (κ2) is 7.11. The molecule has 0 radical (unpaired) electrons. The van der Waals surface area contributed by atoms with Gasteiger partial charge in [-0.3, -0.25) is 9.48 Å². The first-order chi connectivity index (χ1) is 12.6. The van der Waals surface area contributed by atoms with Crippen molar-refractivity contribution < 1.29 is 9.53 Å². The molecular weight excluding hydrogens is 398 g/mol. The number of halogens is 1. The topological polar surface area (TPSA) is 74.0 Å². The number of fused-ring (bicyclic) bond motifs is 2. The van der Waals surface area contributed by atoms with Crippen molar-refractivity contribution in [2.45, 2.75) is 32.9 Å². The minimum Gasteiger partial charge on any atom is -0.477 e. The number of aryl methyl sites for hydroxylation is 3. The van der Waals surface area contributed by atoms with E-state index in [4.69, 9.17) is 4.74 Å². The standard InChI is InChI=1S/C18H20BrN5O2/c1-12-4-5-13-11-21-23(14(13)10-12)7-2-6-20-17(25)16-15(19)18-24(22-16)8-3-9-26-18/h4-5,10-11H,2-3,6-9H2,1H3,(H,20,25). The average molecular weight is 418 g/mol. The van der Waals surface area contributed by atoms with Crippen molar-refractivity contribution >= 4 is 32.7 Å². The van der Waals surface area contributed by atoms with Crippen molar-refractivity contribution in [2.75, 3.05) is 13.2 Å². The smallest absolute Gasteiger partial charge is 0.273 e. The van der Waals surface area contributed by atoms with Gasteiger partial charge >= 0.3 is 0 Å². The van der Waals surface area contributed by atoms with Crippen molar-refractivity contribution in [1.29, 1.82) is 0 Å². The van der Waals surface area contributed by atoms with Crippen LogP contribution in [-0.4, -0.2) is 38.6 Å². The molecule has 2 aromatic heterocycles. The van der Waals surface area contributed by atoms with E-state index in [2.05, 4.69) is 56.6 Å². The van der Waals surface area contributed by atoms with Crippen LogP contribution in [0.1, 0.15) is 28.9 Å². The Hall–Kier alpha value is -2.35. The molecule has 1 N–H and O–H groups in total. The molecule has 0 saturated carbocycles. The number of hydrogen-bond acceptors (Lipinski definition) is 4. The molecule has 0 saturated heterocycles. The quantitative estimate of drug-likeness (QED) is 0.647. The molecule has 1 aromatic carbocycles. The molecule has 1 aliphatic rings. The van der Waals surface area contributed by atoms with E-state index in [1.165, 1.54) is 5.56 Å². The first kappa shape index (κ1) is 17.1. The number of benzene rings is 1. The number of ether oxygens (including phenoxy) is 1. The normalized spacial score (nSPS) is 13.5. The molecule has 0 fully saturated rings. The maximum Gasteiger partial charge on any atom is 0.273 e. The molecule has 3 aromatic rings. The molecule has 0 aliphatic carbocycles. The van der Waals surface area contributed by atoms with Crippen LogP contribution >= 0.6 is 15.9 Å². The SMILES string of the molecule is Cc1ccc2cnn(CCCNC(=O)c3nn4c(c3Br)OCCC4)c2c1. The lowest BCUT2D eigenvalue weighted by Crippen LogP contribution is -2.26. The van der Waals surface area contributed by atoms with E-state index < -0.39 is 0 Å². The third-order valence-electron chi connectivity index (χ3n) is 4.45. The number of carbonyl (C=O) groups is 1. The summed E-state index contributed by atoms with van der Waals surface area (Å²) in [4.78, 5) is 12.4. The maximum absolute atomic E-state index is 12.4. The highest BCUT2D eigenvalue weighted by Crippen LogP contribution is 2.31. The van der Waals surface area contributed by atoms with E-state index in [0.717, 1.165) is 36.8 Å². The van der Waals surface area contributed by atoms with E-state index >= 15 is 0 Å². The molecule has 0 spiro atoms. The van der Waals surface area contributed by atoms with Crippen LogP contribution < -0.4 is 10.1 Å². The Morgan fingerprint density at radius 3 is 3.15 bits per heavy atom. The van der Waals surface area contributed by atoms with Gasteiger partial charge in [0.2, 0.25) is 5.88 Å². The Balaban J connectivity index is 1.35. The molecule has 136 valence electrons. The van der Waals surface area contributed by atoms with E-state index in [9.17, 15) is 4.79 Å². The largest absolute Gasteiger partial charge is 0.477 e. The van der Waals surface area contributed by atoms with Gasteiger partial charge in [0.05, 0.1) is 18.3 Å². The minimum atomic E-state index is -0.191. The molecule has 4 rings (SSSR count). The number of carbonyl (C=O) groups excluding carboxylic acids is 1. The molecule has 1 amide bonds. The van der Waals surface area contributed by atoms with Crippen molar-refractivity contribution in [3.05, 3.63) is 40.1 Å². The number of nitrogens with zero attached hydrogens (tertiary/aromatic N) is 4. The van der Waals surface area contributed by atoms with Crippen LogP contribution in [0.2, 0.25) is 0 Å². The van der Waals surface area contributed by atoms with Gasteiger partial charge in [0, 0.05) is 31.4 Å². The predicted octanol–water partition coefficient (Wildman–Crippen LogP) is 2.91. The average Bonchev–Trinajstić information content (AvgIpc) is 3.20. The summed E-state index contributed by atoms with van der Waals surface area (Å²) in [7, 11) is 0. The summed E-state index contributed by atoms with van der Waals surface area (Å²) in [6.45, 7) is 4.80. The molecule has 0 unspecified atom stereocenters. The first-order valence-electron chi connectivity index (χ1n) is 8.73. The zero-order valence-electron chi connectivity index (χ0n) is 14.5. The summed E-state index contributed by atoms with van der Waals surface area (Å²) in [5.41, 5.74) is 2.71. The van der Waals surface area contributed by atoms with E-state index in [1.807, 2.05) is 10.9 Å². The van der Waals surface area contributed by atoms with Gasteiger partial charge in [-0.05, 0) is 40.9 Å². The monoisotopic (exact) mass is 417 g/mol. The molecule has 7 nitrogen and oxygen atoms in total. The Morgan fingerprint density at radius 1 is 1.42 bits per heavy atom. The summed E-state index contributed by atoms with van der Waals surface area (Å²) in [5, 5.41) is 12.8. The highest BCUT2D eigenvalue weighted by Gasteiger charge is 2.24. The third kappa shape index (κ3) is 3.21. The maximum atomic E-state index is 12.4. The summed E-state index contributed by atoms with van der Waals surface area (Å²) < 4.78 is 9.92. The van der Waals surface area contributed by atoms with Crippen LogP contribution in [-0.2, 0) is 13.1 Å². The molecule has 0 atom stereocenters. The zero-order chi connectivity index (χ0) is 18.1. The fourth-order valence-corrected chi connectivity index (χ4v) is 3.69. The van der Waals surface area contributed by atoms with Crippen LogP contribution in [0.5, 0.6) is 5.88 Å². The van der Waals surface area contributed by atoms with Gasteiger partial charge in [-0.2, -0.15) is 10.2 Å². The number of hydrogen-bond donors (Lipinski definition) is 1. The highest BCUT2D eigenvalue weighted by atomic mass is 79.9. The van der Waals surface area contributed by atoms with Crippen molar-refractivity contribution in [1.82, 2.24) is 24.9 Å². The number of rotatable bonds is 5. The lowest BCUT2D eigenvalue weighted by atomic mass is 10.2. The Bertz CT molecular complexity index is 962. The molecular formula is C18H20BrN5O2. The molecule has 3 heterocycles. The van der Waals surface area contributed by atoms with Crippen LogP contribution in [0.4, 0.5) is 0 Å². The van der Waals surface area contributed by atoms with Gasteiger partial charge in [0.25, 0.3) is 5.91 Å². The second-order valence-electron chi connectivity index (χ2n) is 6.43. The van der Waals surface area contributed by atoms with Gasteiger partial charge in [-0.1, -0.05) is 12.1 Å². The molecule has 0 bridgehead atoms. The molecule has 1 aliphatic heterocycles. The van der Waals surface area contributed by atoms with Crippen LogP contribution in [0, 0.1) is 6.92 Å². The second-order valence-corrected chi connectivity index (χ2v) is 7.23. The number of aromatic nitrogens is 4. The Labute approximate surface area is 159 Å². The van der Waals surface area contributed by atoms with Gasteiger partial charge < -0.3 is 10.1 Å². The summed E-state index contributed by atoms with van der Waals surface area (Å²) >= 11 is 3.43.